The first-order valence-electron chi connectivity index (χ1n) is 5.84. The molecule has 2 nitrogen and oxygen atoms in total. The predicted octanol–water partition coefficient (Wildman–Crippen LogP) is 3.24. The van der Waals surface area contributed by atoms with E-state index in [-0.39, 0.29) is 11.5 Å². The van der Waals surface area contributed by atoms with Crippen LogP contribution in [0, 0.1) is 12.3 Å². The predicted molar refractivity (Wildman–Crippen MR) is 66.5 cm³/mol. The van der Waals surface area contributed by atoms with E-state index in [2.05, 4.69) is 11.2 Å². The van der Waals surface area contributed by atoms with Crippen molar-refractivity contribution < 1.29 is 18.0 Å². The van der Waals surface area contributed by atoms with Crippen LogP contribution in [0.3, 0.4) is 0 Å². The fourth-order valence-corrected chi connectivity index (χ4v) is 1.47. The van der Waals surface area contributed by atoms with E-state index in [9.17, 15) is 18.0 Å². The van der Waals surface area contributed by atoms with Crippen molar-refractivity contribution in [2.75, 3.05) is 6.54 Å². The van der Waals surface area contributed by atoms with E-state index in [0.717, 1.165) is 25.0 Å². The Hall–Kier alpha value is -1.96. The quantitative estimate of drug-likeness (QED) is 0.645. The van der Waals surface area contributed by atoms with E-state index in [0.29, 0.717) is 13.0 Å². The molecule has 102 valence electrons. The number of carbonyl (C=O) groups is 1. The lowest BCUT2D eigenvalue weighted by Gasteiger charge is -2.08. The lowest BCUT2D eigenvalue weighted by molar-refractivity contribution is -0.137. The van der Waals surface area contributed by atoms with Crippen LogP contribution in [0.15, 0.2) is 24.3 Å². The van der Waals surface area contributed by atoms with Gasteiger partial charge in [0.2, 0.25) is 0 Å². The van der Waals surface area contributed by atoms with Gasteiger partial charge in [0.25, 0.3) is 5.91 Å². The van der Waals surface area contributed by atoms with E-state index >= 15 is 0 Å². The number of nitrogens with one attached hydrogen (secondary N) is 1. The van der Waals surface area contributed by atoms with Gasteiger partial charge in [0.1, 0.15) is 0 Å². The molecule has 0 heterocycles. The molecule has 0 saturated heterocycles. The van der Waals surface area contributed by atoms with E-state index in [1.165, 1.54) is 12.1 Å². The van der Waals surface area contributed by atoms with Gasteiger partial charge in [0.05, 0.1) is 5.56 Å². The Balaban J connectivity index is 2.48. The molecule has 0 saturated carbocycles. The summed E-state index contributed by atoms with van der Waals surface area (Å²) in [7, 11) is 0. The number of hydrogen-bond donors (Lipinski definition) is 1. The normalized spacial score (nSPS) is 10.8. The van der Waals surface area contributed by atoms with Gasteiger partial charge in [-0.1, -0.05) is 0 Å². The fourth-order valence-electron chi connectivity index (χ4n) is 1.47. The third-order valence-corrected chi connectivity index (χ3v) is 2.51. The van der Waals surface area contributed by atoms with Crippen LogP contribution < -0.4 is 5.32 Å². The van der Waals surface area contributed by atoms with Crippen LogP contribution in [0.1, 0.15) is 35.2 Å². The van der Waals surface area contributed by atoms with Crippen molar-refractivity contribution in [3.05, 3.63) is 35.4 Å². The number of hydrogen-bond acceptors (Lipinski definition) is 1. The number of alkyl halides is 3. The third-order valence-electron chi connectivity index (χ3n) is 2.51. The largest absolute Gasteiger partial charge is 0.416 e. The maximum absolute atomic E-state index is 12.3. The first-order valence-corrected chi connectivity index (χ1v) is 5.84. The summed E-state index contributed by atoms with van der Waals surface area (Å²) in [6.45, 7) is 0.460. The van der Waals surface area contributed by atoms with E-state index in [1.807, 2.05) is 0 Å². The van der Waals surface area contributed by atoms with Gasteiger partial charge < -0.3 is 5.32 Å². The minimum Gasteiger partial charge on any atom is -0.352 e. The summed E-state index contributed by atoms with van der Waals surface area (Å²) < 4.78 is 37.0. The van der Waals surface area contributed by atoms with E-state index in [4.69, 9.17) is 6.42 Å². The Morgan fingerprint density at radius 2 is 1.84 bits per heavy atom. The summed E-state index contributed by atoms with van der Waals surface area (Å²) in [4.78, 5) is 11.6. The van der Waals surface area contributed by atoms with Gasteiger partial charge in [-0.25, -0.2) is 0 Å². The highest BCUT2D eigenvalue weighted by Crippen LogP contribution is 2.28. The van der Waals surface area contributed by atoms with Crippen LogP contribution in [0.2, 0.25) is 0 Å². The second kappa shape index (κ2) is 6.83. The van der Waals surface area contributed by atoms with Crippen molar-refractivity contribution in [2.45, 2.75) is 25.4 Å². The number of benzene rings is 1. The Morgan fingerprint density at radius 1 is 1.21 bits per heavy atom. The van der Waals surface area contributed by atoms with Crippen LogP contribution >= 0.6 is 0 Å². The second-order valence-electron chi connectivity index (χ2n) is 3.99. The van der Waals surface area contributed by atoms with Crippen LogP contribution in [-0.4, -0.2) is 12.5 Å². The van der Waals surface area contributed by atoms with E-state index in [1.54, 1.807) is 0 Å². The molecule has 1 aromatic carbocycles. The van der Waals surface area contributed by atoms with Gasteiger partial charge in [0.15, 0.2) is 0 Å². The summed E-state index contributed by atoms with van der Waals surface area (Å²) in [6, 6.07) is 4.12. The molecule has 0 aliphatic carbocycles. The minimum atomic E-state index is -4.38. The number of amides is 1. The number of rotatable bonds is 5. The highest BCUT2D eigenvalue weighted by molar-refractivity contribution is 5.94. The van der Waals surface area contributed by atoms with Crippen molar-refractivity contribution >= 4 is 5.91 Å². The van der Waals surface area contributed by atoms with Crippen LogP contribution in [0.25, 0.3) is 0 Å². The highest BCUT2D eigenvalue weighted by atomic mass is 19.4. The summed E-state index contributed by atoms with van der Waals surface area (Å²) in [6.07, 6.45) is 2.90. The summed E-state index contributed by atoms with van der Waals surface area (Å²) in [5.41, 5.74) is -0.553. The molecular weight excluding hydrogens is 255 g/mol. The average Bonchev–Trinajstić information content (AvgIpc) is 2.37. The van der Waals surface area contributed by atoms with Crippen LogP contribution in [0.4, 0.5) is 13.2 Å². The molecule has 5 heteroatoms. The lowest BCUT2D eigenvalue weighted by atomic mass is 10.1. The summed E-state index contributed by atoms with van der Waals surface area (Å²) in [5.74, 6) is 2.11. The third kappa shape index (κ3) is 5.04. The van der Waals surface area contributed by atoms with Crippen molar-refractivity contribution in [2.24, 2.45) is 0 Å². The molecule has 0 bridgehead atoms. The maximum Gasteiger partial charge on any atom is 0.416 e. The molecule has 1 rings (SSSR count). The first-order chi connectivity index (χ1) is 8.95. The van der Waals surface area contributed by atoms with Gasteiger partial charge in [-0.3, -0.25) is 4.79 Å². The van der Waals surface area contributed by atoms with Gasteiger partial charge in [-0.2, -0.15) is 13.2 Å². The minimum absolute atomic E-state index is 0.213. The standard InChI is InChI=1S/C14H14F3NO/c1-2-3-4-5-10-18-13(19)11-6-8-12(9-7-11)14(15,16)17/h1,6-9H,3-5,10H2,(H,18,19). The van der Waals surface area contributed by atoms with Gasteiger partial charge in [-0.05, 0) is 37.1 Å². The molecule has 0 aromatic heterocycles. The molecule has 1 aromatic rings. The second-order valence-corrected chi connectivity index (χ2v) is 3.99. The van der Waals surface area contributed by atoms with Gasteiger partial charge in [-0.15, -0.1) is 12.3 Å². The van der Waals surface area contributed by atoms with Crippen molar-refractivity contribution in [3.63, 3.8) is 0 Å². The first kappa shape index (κ1) is 15.1. The molecule has 0 aliphatic rings. The molecule has 0 fully saturated rings. The monoisotopic (exact) mass is 269 g/mol. The summed E-state index contributed by atoms with van der Waals surface area (Å²) >= 11 is 0. The summed E-state index contributed by atoms with van der Waals surface area (Å²) in [5, 5.41) is 2.63. The molecule has 0 unspecified atom stereocenters. The Morgan fingerprint density at radius 3 is 2.37 bits per heavy atom. The molecule has 19 heavy (non-hydrogen) atoms. The Kier molecular flexibility index (Phi) is 5.43. The SMILES string of the molecule is C#CCCCCNC(=O)c1ccc(C(F)(F)F)cc1. The van der Waals surface area contributed by atoms with E-state index < -0.39 is 11.7 Å². The topological polar surface area (TPSA) is 29.1 Å². The zero-order chi connectivity index (χ0) is 14.3. The lowest BCUT2D eigenvalue weighted by Crippen LogP contribution is -2.24. The number of unbranched alkanes of at least 4 members (excludes halogenated alkanes) is 2. The molecule has 0 spiro atoms. The maximum atomic E-state index is 12.3. The van der Waals surface area contributed by atoms with Crippen molar-refractivity contribution in [1.29, 1.82) is 0 Å². The van der Waals surface area contributed by atoms with Crippen LogP contribution in [0.5, 0.6) is 0 Å². The smallest absolute Gasteiger partial charge is 0.352 e. The highest BCUT2D eigenvalue weighted by Gasteiger charge is 2.30. The van der Waals surface area contributed by atoms with Crippen LogP contribution in [-0.2, 0) is 6.18 Å². The molecule has 1 amide bonds. The molecule has 1 N–H and O–H groups in total. The molecule has 0 aliphatic heterocycles. The average molecular weight is 269 g/mol. The molecule has 0 atom stereocenters. The van der Waals surface area contributed by atoms with Gasteiger partial charge >= 0.3 is 6.18 Å². The Labute approximate surface area is 110 Å². The number of halogens is 3. The van der Waals surface area contributed by atoms with Crippen molar-refractivity contribution in [1.82, 2.24) is 5.32 Å². The molecular formula is C14H14F3NO. The van der Waals surface area contributed by atoms with Crippen molar-refractivity contribution in [3.8, 4) is 12.3 Å². The number of terminal acetylenes is 1. The molecule has 0 radical (unpaired) electrons. The zero-order valence-corrected chi connectivity index (χ0v) is 10.3. The Bertz CT molecular complexity index is 457. The zero-order valence-electron chi connectivity index (χ0n) is 10.3. The van der Waals surface area contributed by atoms with Gasteiger partial charge in [0, 0.05) is 18.5 Å². The number of carbonyl (C=O) groups excluding carboxylic acids is 1. The fraction of sp³-hybridized carbons (Fsp3) is 0.357.